The van der Waals surface area contributed by atoms with E-state index in [2.05, 4.69) is 82.0 Å². The van der Waals surface area contributed by atoms with Crippen LogP contribution in [0.15, 0.2) is 60.9 Å². The van der Waals surface area contributed by atoms with E-state index in [0.717, 1.165) is 65.1 Å². The van der Waals surface area contributed by atoms with Crippen LogP contribution in [-0.2, 0) is 0 Å². The number of H-pyrrole nitrogens is 1. The van der Waals surface area contributed by atoms with E-state index in [4.69, 9.17) is 9.97 Å². The van der Waals surface area contributed by atoms with Gasteiger partial charge in [0.1, 0.15) is 11.7 Å². The topological polar surface area (TPSA) is 88.8 Å². The van der Waals surface area contributed by atoms with Crippen LogP contribution < -0.4 is 10.2 Å². The number of likely N-dealkylation sites (N-methyl/N-ethyl adjacent to an activating group) is 1. The number of aromatic nitrogens is 4. The monoisotopic (exact) mass is 490 g/mol. The number of benzene rings is 2. The normalized spacial score (nSPS) is 14.5. The van der Waals surface area contributed by atoms with Gasteiger partial charge in [-0.15, -0.1) is 0 Å². The highest BCUT2D eigenvalue weighted by Gasteiger charge is 2.19. The van der Waals surface area contributed by atoms with Gasteiger partial charge in [-0.3, -0.25) is 0 Å². The third kappa shape index (κ3) is 4.17. The standard InChI is InChI=1S/C29H30N8/c1-19(2)37-18-20(17-30)23-5-4-6-24(27(23)37)26-25-11-12-31-28(25)34-29(33-26)32-21-7-9-22(10-8-21)36-15-13-35(3)14-16-36/h4-12,18-19H,13-16H2,1-3H3,(H2,31,32,33,34). The summed E-state index contributed by atoms with van der Waals surface area (Å²) >= 11 is 0. The zero-order valence-electron chi connectivity index (χ0n) is 21.4. The molecule has 1 aliphatic rings. The molecule has 0 aliphatic carbocycles. The Morgan fingerprint density at radius 3 is 2.49 bits per heavy atom. The SMILES string of the molecule is CC(C)n1cc(C#N)c2cccc(-c3nc(Nc4ccc(N5CCN(C)CC5)cc4)nc4[nH]ccc34)c21. The molecule has 0 atom stereocenters. The van der Waals surface area contributed by atoms with E-state index in [1.807, 2.05) is 30.6 Å². The van der Waals surface area contributed by atoms with Crippen LogP contribution in [0.2, 0.25) is 0 Å². The Kier molecular flexibility index (Phi) is 5.78. The molecule has 6 rings (SSSR count). The minimum absolute atomic E-state index is 0.200. The van der Waals surface area contributed by atoms with Crippen LogP contribution in [0.25, 0.3) is 33.2 Å². The molecule has 0 spiro atoms. The minimum atomic E-state index is 0.200. The Labute approximate surface area is 216 Å². The van der Waals surface area contributed by atoms with E-state index in [1.54, 1.807) is 0 Å². The first kappa shape index (κ1) is 23.1. The number of hydrogen-bond donors (Lipinski definition) is 2. The number of nitriles is 1. The number of piperazine rings is 1. The average molecular weight is 491 g/mol. The van der Waals surface area contributed by atoms with Gasteiger partial charge >= 0.3 is 0 Å². The molecule has 4 heterocycles. The van der Waals surface area contributed by atoms with Crippen LogP contribution in [0.1, 0.15) is 25.5 Å². The molecule has 0 bridgehead atoms. The molecule has 1 saturated heterocycles. The second kappa shape index (κ2) is 9.26. The van der Waals surface area contributed by atoms with Crippen molar-refractivity contribution in [3.8, 4) is 17.3 Å². The molecule has 37 heavy (non-hydrogen) atoms. The summed E-state index contributed by atoms with van der Waals surface area (Å²) in [5.74, 6) is 0.525. The van der Waals surface area contributed by atoms with Gasteiger partial charge in [-0.05, 0) is 51.2 Å². The van der Waals surface area contributed by atoms with Gasteiger partial charge in [0.2, 0.25) is 5.95 Å². The van der Waals surface area contributed by atoms with Crippen molar-refractivity contribution in [3.63, 3.8) is 0 Å². The van der Waals surface area contributed by atoms with Crippen LogP contribution in [0.5, 0.6) is 0 Å². The molecule has 0 radical (unpaired) electrons. The number of para-hydroxylation sites is 1. The predicted molar refractivity (Wildman–Crippen MR) is 149 cm³/mol. The van der Waals surface area contributed by atoms with Crippen LogP contribution in [-0.4, -0.2) is 57.6 Å². The number of rotatable bonds is 5. The second-order valence-corrected chi connectivity index (χ2v) is 9.96. The van der Waals surface area contributed by atoms with Gasteiger partial charge < -0.3 is 24.7 Å². The minimum Gasteiger partial charge on any atom is -0.369 e. The van der Waals surface area contributed by atoms with Crippen molar-refractivity contribution in [2.75, 3.05) is 43.4 Å². The van der Waals surface area contributed by atoms with Crippen molar-refractivity contribution in [1.29, 1.82) is 5.26 Å². The van der Waals surface area contributed by atoms with Crippen molar-refractivity contribution in [2.24, 2.45) is 0 Å². The summed E-state index contributed by atoms with van der Waals surface area (Å²) in [6.07, 6.45) is 3.83. The van der Waals surface area contributed by atoms with E-state index in [1.165, 1.54) is 5.69 Å². The molecule has 2 aromatic carbocycles. The Balaban J connectivity index is 1.39. The summed E-state index contributed by atoms with van der Waals surface area (Å²) in [6.45, 7) is 8.49. The summed E-state index contributed by atoms with van der Waals surface area (Å²) in [5, 5.41) is 15.0. The maximum atomic E-state index is 9.74. The zero-order valence-corrected chi connectivity index (χ0v) is 21.4. The van der Waals surface area contributed by atoms with Crippen LogP contribution in [0.3, 0.4) is 0 Å². The van der Waals surface area contributed by atoms with Crippen molar-refractivity contribution in [3.05, 3.63) is 66.5 Å². The van der Waals surface area contributed by atoms with Crippen LogP contribution >= 0.6 is 0 Å². The van der Waals surface area contributed by atoms with Crippen molar-refractivity contribution >= 4 is 39.3 Å². The maximum Gasteiger partial charge on any atom is 0.229 e. The summed E-state index contributed by atoms with van der Waals surface area (Å²) in [5.41, 5.74) is 6.42. The van der Waals surface area contributed by atoms with E-state index in [9.17, 15) is 5.26 Å². The lowest BCUT2D eigenvalue weighted by molar-refractivity contribution is 0.313. The van der Waals surface area contributed by atoms with E-state index >= 15 is 0 Å². The molecule has 2 N–H and O–H groups in total. The van der Waals surface area contributed by atoms with Gasteiger partial charge in [-0.2, -0.15) is 10.2 Å². The highest BCUT2D eigenvalue weighted by atomic mass is 15.2. The summed E-state index contributed by atoms with van der Waals surface area (Å²) in [7, 11) is 2.17. The predicted octanol–water partition coefficient (Wildman–Crippen LogP) is 5.53. The maximum absolute atomic E-state index is 9.74. The number of anilines is 3. The second-order valence-electron chi connectivity index (χ2n) is 9.96. The first-order valence-corrected chi connectivity index (χ1v) is 12.7. The molecular formula is C29H30N8. The smallest absolute Gasteiger partial charge is 0.229 e. The lowest BCUT2D eigenvalue weighted by atomic mass is 10.0. The summed E-state index contributed by atoms with van der Waals surface area (Å²) in [6, 6.07) is 19.1. The van der Waals surface area contributed by atoms with Gasteiger partial charge in [-0.25, -0.2) is 4.98 Å². The number of nitrogens with zero attached hydrogens (tertiary/aromatic N) is 6. The molecule has 0 saturated carbocycles. The van der Waals surface area contributed by atoms with Gasteiger partial charge in [0.15, 0.2) is 0 Å². The lowest BCUT2D eigenvalue weighted by Crippen LogP contribution is -2.44. The molecular weight excluding hydrogens is 460 g/mol. The number of nitrogens with one attached hydrogen (secondary N) is 2. The van der Waals surface area contributed by atoms with Gasteiger partial charge in [0.05, 0.1) is 16.8 Å². The van der Waals surface area contributed by atoms with Gasteiger partial charge in [0.25, 0.3) is 0 Å². The molecule has 3 aromatic heterocycles. The number of hydrogen-bond acceptors (Lipinski definition) is 6. The van der Waals surface area contributed by atoms with Crippen molar-refractivity contribution in [2.45, 2.75) is 19.9 Å². The van der Waals surface area contributed by atoms with Gasteiger partial charge in [-0.1, -0.05) is 18.2 Å². The van der Waals surface area contributed by atoms with Crippen LogP contribution in [0, 0.1) is 11.3 Å². The highest BCUT2D eigenvalue weighted by Crippen LogP contribution is 2.36. The van der Waals surface area contributed by atoms with E-state index < -0.39 is 0 Å². The molecule has 1 fully saturated rings. The Morgan fingerprint density at radius 2 is 1.76 bits per heavy atom. The van der Waals surface area contributed by atoms with E-state index in [-0.39, 0.29) is 6.04 Å². The van der Waals surface area contributed by atoms with Crippen LogP contribution in [0.4, 0.5) is 17.3 Å². The summed E-state index contributed by atoms with van der Waals surface area (Å²) < 4.78 is 2.16. The highest BCUT2D eigenvalue weighted by molar-refractivity contribution is 6.03. The first-order chi connectivity index (χ1) is 18.0. The number of aromatic amines is 1. The molecule has 5 aromatic rings. The Morgan fingerprint density at radius 1 is 0.973 bits per heavy atom. The molecule has 1 aliphatic heterocycles. The molecule has 8 nitrogen and oxygen atoms in total. The van der Waals surface area contributed by atoms with Crippen molar-refractivity contribution < 1.29 is 0 Å². The Bertz CT molecular complexity index is 1610. The fourth-order valence-corrected chi connectivity index (χ4v) is 5.15. The summed E-state index contributed by atoms with van der Waals surface area (Å²) in [4.78, 5) is 17.8. The van der Waals surface area contributed by atoms with E-state index in [0.29, 0.717) is 11.5 Å². The average Bonchev–Trinajstić information content (AvgIpc) is 3.54. The Hall–Kier alpha value is -4.35. The molecule has 0 amide bonds. The molecule has 8 heteroatoms. The fourth-order valence-electron chi connectivity index (χ4n) is 5.15. The fraction of sp³-hybridized carbons (Fsp3) is 0.276. The first-order valence-electron chi connectivity index (χ1n) is 12.7. The third-order valence-corrected chi connectivity index (χ3v) is 7.19. The van der Waals surface area contributed by atoms with Crippen molar-refractivity contribution in [1.82, 2.24) is 24.4 Å². The third-order valence-electron chi connectivity index (χ3n) is 7.19. The lowest BCUT2D eigenvalue weighted by Gasteiger charge is -2.34. The molecule has 186 valence electrons. The quantitative estimate of drug-likeness (QED) is 0.337. The molecule has 0 unspecified atom stereocenters. The van der Waals surface area contributed by atoms with Gasteiger partial charge in [0, 0.05) is 72.3 Å². The largest absolute Gasteiger partial charge is 0.369 e. The number of fused-ring (bicyclic) bond motifs is 2. The zero-order chi connectivity index (χ0) is 25.5.